The van der Waals surface area contributed by atoms with Gasteiger partial charge in [-0.2, -0.15) is 0 Å². The summed E-state index contributed by atoms with van der Waals surface area (Å²) < 4.78 is 4.31. The number of hydrogen-bond acceptors (Lipinski definition) is 5. The normalized spacial score (nSPS) is 13.5. The lowest BCUT2D eigenvalue weighted by atomic mass is 10.2. The Morgan fingerprint density at radius 3 is 2.56 bits per heavy atom. The average Bonchev–Trinajstić information content (AvgIpc) is 3.51. The Hall–Kier alpha value is -3.72. The van der Waals surface area contributed by atoms with Crippen molar-refractivity contribution in [3.63, 3.8) is 0 Å². The first-order chi connectivity index (χ1) is 15.4. The predicted molar refractivity (Wildman–Crippen MR) is 120 cm³/mol. The van der Waals surface area contributed by atoms with Gasteiger partial charge in [0.15, 0.2) is 11.2 Å². The zero-order valence-electron chi connectivity index (χ0n) is 16.8. The highest BCUT2D eigenvalue weighted by Crippen LogP contribution is 2.30. The minimum absolute atomic E-state index is 0.0314. The molecule has 0 unspecified atom stereocenters. The fourth-order valence-corrected chi connectivity index (χ4v) is 3.93. The lowest BCUT2D eigenvalue weighted by Crippen LogP contribution is -2.40. The largest absolute Gasteiger partial charge is 0.337 e. The van der Waals surface area contributed by atoms with Crippen LogP contribution in [-0.4, -0.2) is 23.6 Å². The van der Waals surface area contributed by atoms with E-state index in [4.69, 9.17) is 11.6 Å². The Morgan fingerprint density at radius 2 is 1.88 bits per heavy atom. The van der Waals surface area contributed by atoms with Gasteiger partial charge in [-0.1, -0.05) is 23.7 Å². The van der Waals surface area contributed by atoms with Crippen LogP contribution in [0.1, 0.15) is 18.4 Å². The summed E-state index contributed by atoms with van der Waals surface area (Å²) in [6.07, 6.45) is 3.45. The second-order valence-corrected chi connectivity index (χ2v) is 8.36. The Morgan fingerprint density at radius 1 is 1.12 bits per heavy atom. The maximum atomic E-state index is 13.4. The second kappa shape index (κ2) is 7.76. The van der Waals surface area contributed by atoms with Gasteiger partial charge < -0.3 is 4.57 Å². The number of nitrogens with zero attached hydrogens (tertiary/aromatic N) is 5. The number of rotatable bonds is 6. The van der Waals surface area contributed by atoms with E-state index in [1.165, 1.54) is 27.6 Å². The van der Waals surface area contributed by atoms with E-state index >= 15 is 0 Å². The van der Waals surface area contributed by atoms with Crippen LogP contribution in [0.3, 0.4) is 0 Å². The Kier molecular flexibility index (Phi) is 4.90. The Balaban J connectivity index is 1.71. The Bertz CT molecular complexity index is 1460. The van der Waals surface area contributed by atoms with Crippen molar-refractivity contribution in [2.45, 2.75) is 25.9 Å². The van der Waals surface area contributed by atoms with Crippen LogP contribution in [-0.2, 0) is 13.1 Å². The molecule has 1 saturated carbocycles. The van der Waals surface area contributed by atoms with Crippen molar-refractivity contribution in [3.8, 4) is 5.69 Å². The van der Waals surface area contributed by atoms with E-state index in [-0.39, 0.29) is 23.4 Å². The van der Waals surface area contributed by atoms with Crippen LogP contribution in [0.2, 0.25) is 5.02 Å². The van der Waals surface area contributed by atoms with Gasteiger partial charge in [-0.15, -0.1) is 0 Å². The smallest absolute Gasteiger partial charge is 0.320 e. The zero-order valence-corrected chi connectivity index (χ0v) is 17.6. The molecule has 162 valence electrons. The maximum Gasteiger partial charge on any atom is 0.337 e. The third kappa shape index (κ3) is 3.60. The Labute approximate surface area is 186 Å². The van der Waals surface area contributed by atoms with Crippen molar-refractivity contribution in [2.24, 2.45) is 5.92 Å². The lowest BCUT2D eigenvalue weighted by molar-refractivity contribution is -0.384. The van der Waals surface area contributed by atoms with E-state index in [1.54, 1.807) is 41.0 Å². The van der Waals surface area contributed by atoms with E-state index in [9.17, 15) is 19.7 Å². The highest BCUT2D eigenvalue weighted by atomic mass is 35.5. The molecular formula is C22H18ClN5O4. The van der Waals surface area contributed by atoms with E-state index in [0.717, 1.165) is 12.8 Å². The van der Waals surface area contributed by atoms with Gasteiger partial charge in [0.05, 0.1) is 16.9 Å². The molecular weight excluding hydrogens is 434 g/mol. The molecule has 2 aromatic heterocycles. The van der Waals surface area contributed by atoms with Crippen LogP contribution in [0.4, 0.5) is 5.69 Å². The number of hydrogen-bond donors (Lipinski definition) is 0. The second-order valence-electron chi connectivity index (χ2n) is 7.93. The first-order valence-electron chi connectivity index (χ1n) is 10.1. The van der Waals surface area contributed by atoms with E-state index in [2.05, 4.69) is 4.98 Å². The van der Waals surface area contributed by atoms with Gasteiger partial charge in [0.25, 0.3) is 11.2 Å². The first-order valence-corrected chi connectivity index (χ1v) is 10.5. The summed E-state index contributed by atoms with van der Waals surface area (Å²) in [6.45, 7) is 0.554. The molecule has 1 aliphatic carbocycles. The summed E-state index contributed by atoms with van der Waals surface area (Å²) >= 11 is 6.01. The molecule has 0 aliphatic heterocycles. The topological polar surface area (TPSA) is 105 Å². The van der Waals surface area contributed by atoms with Gasteiger partial charge in [-0.05, 0) is 48.6 Å². The number of nitro groups is 1. The van der Waals surface area contributed by atoms with Crippen molar-refractivity contribution >= 4 is 28.5 Å². The quantitative estimate of drug-likeness (QED) is 0.330. The van der Waals surface area contributed by atoms with E-state index in [1.807, 2.05) is 0 Å². The molecule has 1 aliphatic rings. The third-order valence-corrected chi connectivity index (χ3v) is 5.85. The van der Waals surface area contributed by atoms with Crippen molar-refractivity contribution in [1.82, 2.24) is 18.7 Å². The molecule has 4 aromatic rings. The van der Waals surface area contributed by atoms with Gasteiger partial charge in [0.1, 0.15) is 0 Å². The van der Waals surface area contributed by atoms with Crippen LogP contribution >= 0.6 is 11.6 Å². The molecule has 0 amide bonds. The van der Waals surface area contributed by atoms with Crippen LogP contribution in [0.15, 0.2) is 64.4 Å². The standard InChI is InChI=1S/C22H18ClN5O4/c23-16-6-8-17(9-7-16)27-20-19(21(29)26(22(27)30)12-14-4-5-14)25(13-24-20)11-15-2-1-3-18(10-15)28(31)32/h1-3,6-10,13-14H,4-5,11-12H2. The number of fused-ring (bicyclic) bond motifs is 1. The maximum absolute atomic E-state index is 13.4. The van der Waals surface area contributed by atoms with Gasteiger partial charge in [-0.25, -0.2) is 14.3 Å². The summed E-state index contributed by atoms with van der Waals surface area (Å²) in [4.78, 5) is 41.7. The summed E-state index contributed by atoms with van der Waals surface area (Å²) in [5.74, 6) is 0.310. The van der Waals surface area contributed by atoms with E-state index < -0.39 is 16.2 Å². The highest BCUT2D eigenvalue weighted by molar-refractivity contribution is 6.30. The van der Waals surface area contributed by atoms with Crippen LogP contribution in [0, 0.1) is 16.0 Å². The minimum Gasteiger partial charge on any atom is -0.320 e. The van der Waals surface area contributed by atoms with Gasteiger partial charge in [0, 0.05) is 30.2 Å². The summed E-state index contributed by atoms with van der Waals surface area (Å²) in [7, 11) is 0. The van der Waals surface area contributed by atoms with Gasteiger partial charge >= 0.3 is 5.69 Å². The predicted octanol–water partition coefficient (Wildman–Crippen LogP) is 3.37. The molecule has 2 heterocycles. The highest BCUT2D eigenvalue weighted by Gasteiger charge is 2.26. The number of aromatic nitrogens is 4. The lowest BCUT2D eigenvalue weighted by Gasteiger charge is -2.13. The van der Waals surface area contributed by atoms with E-state index in [0.29, 0.717) is 28.7 Å². The molecule has 0 saturated heterocycles. The first kappa shape index (κ1) is 20.2. The van der Waals surface area contributed by atoms with Gasteiger partial charge in [0.2, 0.25) is 0 Å². The summed E-state index contributed by atoms with van der Waals surface area (Å²) in [6, 6.07) is 13.0. The SMILES string of the molecule is O=c1c2c(ncn2Cc2cccc([N+](=O)[O-])c2)n(-c2ccc(Cl)cc2)c(=O)n1CC1CC1. The molecule has 10 heteroatoms. The number of benzene rings is 2. The average molecular weight is 452 g/mol. The number of non-ortho nitro benzene ring substituents is 1. The molecule has 0 atom stereocenters. The number of imidazole rings is 1. The molecule has 32 heavy (non-hydrogen) atoms. The summed E-state index contributed by atoms with van der Waals surface area (Å²) in [5, 5.41) is 11.7. The molecule has 5 rings (SSSR count). The molecule has 0 bridgehead atoms. The fraction of sp³-hybridized carbons (Fsp3) is 0.227. The molecule has 1 fully saturated rings. The minimum atomic E-state index is -0.462. The number of nitro benzene ring substituents is 1. The van der Waals surface area contributed by atoms with Crippen molar-refractivity contribution in [3.05, 3.63) is 96.4 Å². The third-order valence-electron chi connectivity index (χ3n) is 5.60. The molecule has 9 nitrogen and oxygen atoms in total. The molecule has 0 spiro atoms. The van der Waals surface area contributed by atoms with Gasteiger partial charge in [-0.3, -0.25) is 19.5 Å². The van der Waals surface area contributed by atoms with Crippen molar-refractivity contribution in [1.29, 1.82) is 0 Å². The molecule has 2 aromatic carbocycles. The van der Waals surface area contributed by atoms with Crippen LogP contribution < -0.4 is 11.2 Å². The van der Waals surface area contributed by atoms with Crippen LogP contribution in [0.25, 0.3) is 16.9 Å². The summed E-state index contributed by atoms with van der Waals surface area (Å²) in [5.41, 5.74) is 0.815. The molecule has 0 radical (unpaired) electrons. The zero-order chi connectivity index (χ0) is 22.4. The monoisotopic (exact) mass is 451 g/mol. The number of halogens is 1. The fourth-order valence-electron chi connectivity index (χ4n) is 3.81. The van der Waals surface area contributed by atoms with Crippen molar-refractivity contribution < 1.29 is 4.92 Å². The van der Waals surface area contributed by atoms with Crippen molar-refractivity contribution in [2.75, 3.05) is 0 Å². The molecule has 0 N–H and O–H groups in total. The van der Waals surface area contributed by atoms with Crippen LogP contribution in [0.5, 0.6) is 0 Å².